The lowest BCUT2D eigenvalue weighted by Crippen LogP contribution is -2.14. The molecule has 79 heavy (non-hydrogen) atoms. The van der Waals surface area contributed by atoms with Gasteiger partial charge in [-0.05, 0) is 109 Å². The van der Waals surface area contributed by atoms with Gasteiger partial charge in [0.2, 0.25) is 0 Å². The van der Waals surface area contributed by atoms with E-state index in [0.29, 0.717) is 0 Å². The summed E-state index contributed by atoms with van der Waals surface area (Å²) in [4.78, 5) is 32.4. The van der Waals surface area contributed by atoms with Crippen molar-refractivity contribution in [1.82, 2.24) is 0 Å². The van der Waals surface area contributed by atoms with Crippen LogP contribution in [-0.4, -0.2) is 48.2 Å². The molecule has 0 fully saturated rings. The van der Waals surface area contributed by atoms with Crippen LogP contribution in [0.2, 0.25) is 0 Å². The number of carbonyl (C=O) groups excluding carboxylic acids is 3. The van der Waals surface area contributed by atoms with Crippen molar-refractivity contribution in [3.63, 3.8) is 0 Å². The van der Waals surface area contributed by atoms with E-state index < -0.39 is 146 Å². The normalized spacial score (nSPS) is 10.9. The first-order chi connectivity index (χ1) is 37.0. The zero-order chi connectivity index (χ0) is 59.2. The van der Waals surface area contributed by atoms with Gasteiger partial charge in [-0.1, -0.05) is 18.2 Å². The van der Waals surface area contributed by atoms with E-state index >= 15 is 0 Å². The van der Waals surface area contributed by atoms with Gasteiger partial charge in [0, 0.05) is 6.07 Å². The first-order valence-corrected chi connectivity index (χ1v) is 28.2. The lowest BCUT2D eigenvalue weighted by Gasteiger charge is -2.10. The number of rotatable bonds is 13. The van der Waals surface area contributed by atoms with Gasteiger partial charge in [0.1, 0.15) is 47.5 Å². The molecule has 8 rings (SSSR count). The van der Waals surface area contributed by atoms with Gasteiger partial charge in [0.25, 0.3) is 30.1 Å². The van der Waals surface area contributed by atoms with Crippen LogP contribution in [0.4, 0.5) is 72.3 Å². The van der Waals surface area contributed by atoms with E-state index in [0.717, 1.165) is 109 Å². The predicted molar refractivity (Wildman–Crippen MR) is 277 cm³/mol. The molecule has 0 amide bonds. The highest BCUT2D eigenvalue weighted by atomic mass is 32.3. The van der Waals surface area contributed by atoms with Crippen LogP contribution in [0.5, 0.6) is 0 Å². The molecule has 0 atom stereocenters. The Morgan fingerprint density at radius 1 is 0.494 bits per heavy atom. The van der Waals surface area contributed by atoms with Crippen LogP contribution in [0.1, 0.15) is 50.5 Å². The number of aldehydes is 1. The van der Waals surface area contributed by atoms with Crippen molar-refractivity contribution >= 4 is 110 Å². The van der Waals surface area contributed by atoms with Gasteiger partial charge in [-0.15, -0.1) is 34.0 Å². The number of thiophene rings is 3. The SMILES string of the molecule is CC(=O)c1c(F)ccc(N)c1F.CC(=O)c1c(F)ccc(NS(=O)(=O)c2cccs2)c1F.Nc1ccc(F)cc1F.O=Cc1c(F)ccc(NS(=O)(=O)c2cccs2)c1F.O=S(=O)(Nc1ccc(F)c(CO)c1F)c1cccs1. The number of carbonyl (C=O) groups is 3. The van der Waals surface area contributed by atoms with Crippen LogP contribution in [0.15, 0.2) is 132 Å². The van der Waals surface area contributed by atoms with Crippen LogP contribution >= 0.6 is 34.0 Å². The van der Waals surface area contributed by atoms with Crippen molar-refractivity contribution < 1.29 is 88.6 Å². The Morgan fingerprint density at radius 3 is 1.24 bits per heavy atom. The zero-order valence-corrected chi connectivity index (χ0v) is 44.7. The third-order valence-electron chi connectivity index (χ3n) is 9.48. The molecule has 8 aromatic rings. The Kier molecular flexibility index (Phi) is 22.4. The highest BCUT2D eigenvalue weighted by molar-refractivity contribution is 7.95. The second kappa shape index (κ2) is 27.8. The second-order valence-corrected chi connectivity index (χ2v) is 23.6. The Hall–Kier alpha value is -7.68. The summed E-state index contributed by atoms with van der Waals surface area (Å²) in [7, 11) is -11.8. The monoisotopic (exact) mass is 1230 g/mol. The van der Waals surface area contributed by atoms with Gasteiger partial charge >= 0.3 is 0 Å². The number of hydrogen-bond acceptors (Lipinski definition) is 15. The maximum absolute atomic E-state index is 14.0. The van der Waals surface area contributed by atoms with Crippen molar-refractivity contribution in [3.05, 3.63) is 200 Å². The van der Waals surface area contributed by atoms with Crippen molar-refractivity contribution in [3.8, 4) is 0 Å². The van der Waals surface area contributed by atoms with Gasteiger partial charge in [0.15, 0.2) is 41.1 Å². The number of ketones is 2. The summed E-state index contributed by atoms with van der Waals surface area (Å²) in [6.07, 6.45) is -0.00634. The molecule has 0 spiro atoms. The highest BCUT2D eigenvalue weighted by Crippen LogP contribution is 2.29. The van der Waals surface area contributed by atoms with Crippen LogP contribution in [0.3, 0.4) is 0 Å². The maximum atomic E-state index is 14.0. The van der Waals surface area contributed by atoms with Gasteiger partial charge in [0.05, 0.1) is 57.3 Å². The summed E-state index contributed by atoms with van der Waals surface area (Å²) in [5.41, 5.74) is 5.85. The van der Waals surface area contributed by atoms with Gasteiger partial charge in [-0.25, -0.2) is 69.2 Å². The fourth-order valence-electron chi connectivity index (χ4n) is 5.76. The molecule has 0 saturated heterocycles. The largest absolute Gasteiger partial charge is 0.396 e. The Morgan fingerprint density at radius 2 is 0.873 bits per heavy atom. The summed E-state index contributed by atoms with van der Waals surface area (Å²) in [5.74, 6) is -11.3. The van der Waals surface area contributed by atoms with E-state index in [1.807, 2.05) is 14.2 Å². The van der Waals surface area contributed by atoms with Crippen LogP contribution in [-0.2, 0) is 36.7 Å². The fraction of sp³-hybridized carbons (Fsp3) is 0.0625. The van der Waals surface area contributed by atoms with Crippen LogP contribution < -0.4 is 25.6 Å². The molecule has 15 nitrogen and oxygen atoms in total. The van der Waals surface area contributed by atoms with Crippen molar-refractivity contribution in [2.75, 3.05) is 25.6 Å². The minimum Gasteiger partial charge on any atom is -0.396 e. The standard InChI is InChI=1S/C12H9F2NO3S2.C11H9F2NO3S2.C11H7F2NO3S2.C8H7F2NO.C6H5F2N/c1-7(16)11-8(13)4-5-9(12(11)14)15-20(17,18)10-3-2-6-19-10;2*12-8-3-4-9(11(13)7(8)6-15)14-19(16,17)10-2-1-5-18-10;1-4(12)7-5(9)2-3-6(11)8(7)10;7-4-1-2-6(9)5(8)3-4/h2-6,15H,1H3;1-5,14-15H,6H2;1-6,14H;2-3H,11H2,1H3;1-3H,9H2. The summed E-state index contributed by atoms with van der Waals surface area (Å²) >= 11 is 2.88. The lowest BCUT2D eigenvalue weighted by atomic mass is 10.1. The van der Waals surface area contributed by atoms with Crippen LogP contribution in [0, 0.1) is 58.2 Å². The average molecular weight is 1230 g/mol. The maximum Gasteiger partial charge on any atom is 0.271 e. The summed E-state index contributed by atoms with van der Waals surface area (Å²) in [6.45, 7) is 1.23. The number of nitrogens with two attached hydrogens (primary N) is 2. The van der Waals surface area contributed by atoms with E-state index in [2.05, 4.69) is 0 Å². The zero-order valence-electron chi connectivity index (χ0n) is 39.8. The van der Waals surface area contributed by atoms with Crippen molar-refractivity contribution in [1.29, 1.82) is 0 Å². The summed E-state index contributed by atoms with van der Waals surface area (Å²) < 4.78 is 208. The van der Waals surface area contributed by atoms with Crippen molar-refractivity contribution in [2.45, 2.75) is 33.1 Å². The predicted octanol–water partition coefficient (Wildman–Crippen LogP) is 11.3. The molecule has 0 aliphatic carbocycles. The number of nitrogen functional groups attached to an aromatic ring is 2. The smallest absolute Gasteiger partial charge is 0.271 e. The number of Topliss-reactive ketones (excluding diaryl/α,β-unsaturated/α-hetero) is 2. The molecule has 8 N–H and O–H groups in total. The van der Waals surface area contributed by atoms with E-state index in [-0.39, 0.29) is 30.3 Å². The molecule has 0 saturated carbocycles. The molecule has 3 heterocycles. The fourth-order valence-corrected chi connectivity index (χ4v) is 11.9. The second-order valence-electron chi connectivity index (χ2n) is 15.0. The number of aliphatic hydroxyl groups excluding tert-OH is 1. The number of anilines is 5. The van der Waals surface area contributed by atoms with E-state index in [1.165, 1.54) is 36.4 Å². The van der Waals surface area contributed by atoms with E-state index in [4.69, 9.17) is 16.6 Å². The van der Waals surface area contributed by atoms with Gasteiger partial charge in [-0.2, -0.15) is 0 Å². The first-order valence-electron chi connectivity index (χ1n) is 21.1. The molecule has 420 valence electrons. The number of hydrogen-bond donors (Lipinski definition) is 6. The quantitative estimate of drug-likeness (QED) is 0.0273. The average Bonchev–Trinajstić information content (AvgIpc) is 4.23. The molecule has 0 bridgehead atoms. The van der Waals surface area contributed by atoms with Gasteiger partial charge < -0.3 is 16.6 Å². The molecule has 3 aromatic heterocycles. The molecule has 0 unspecified atom stereocenters. The molecule has 31 heteroatoms. The number of halogens is 10. The third kappa shape index (κ3) is 16.9. The van der Waals surface area contributed by atoms with Crippen molar-refractivity contribution in [2.24, 2.45) is 0 Å². The topological polar surface area (TPSA) is 262 Å². The molecular weight excluding hydrogens is 1190 g/mol. The summed E-state index contributed by atoms with van der Waals surface area (Å²) in [6, 6.07) is 19.1. The number of benzene rings is 5. The number of aliphatic hydroxyl groups is 1. The molecular formula is C48H37F10N5O10S6. The highest BCUT2D eigenvalue weighted by Gasteiger charge is 2.24. The lowest BCUT2D eigenvalue weighted by molar-refractivity contribution is 0.0996. The molecule has 0 aliphatic heterocycles. The van der Waals surface area contributed by atoms with E-state index in [1.54, 1.807) is 22.2 Å². The molecule has 5 aromatic carbocycles. The number of nitrogens with one attached hydrogen (secondary N) is 3. The molecule has 0 aliphatic rings. The van der Waals surface area contributed by atoms with Gasteiger partial charge in [-0.3, -0.25) is 28.5 Å². The Bertz CT molecular complexity index is 3820. The minimum absolute atomic E-state index is 0.00634. The third-order valence-corrected chi connectivity index (χ3v) is 17.8. The first kappa shape index (κ1) is 63.8. The Balaban J connectivity index is 0.000000218. The summed E-state index contributed by atoms with van der Waals surface area (Å²) in [5, 5.41) is 13.5. The number of sulfonamides is 3. The minimum atomic E-state index is -3.95. The molecule has 0 radical (unpaired) electrons. The Labute approximate surface area is 455 Å². The van der Waals surface area contributed by atoms with Crippen LogP contribution in [0.25, 0.3) is 0 Å². The van der Waals surface area contributed by atoms with E-state index in [9.17, 15) is 83.5 Å².